The molecule has 0 spiro atoms. The molecule has 0 saturated heterocycles. The Morgan fingerprint density at radius 2 is 2.00 bits per heavy atom. The van der Waals surface area contributed by atoms with E-state index in [9.17, 15) is 4.79 Å². The van der Waals surface area contributed by atoms with Crippen LogP contribution in [-0.2, 0) is 11.3 Å². The lowest BCUT2D eigenvalue weighted by Crippen LogP contribution is -2.06. The van der Waals surface area contributed by atoms with Crippen molar-refractivity contribution in [1.82, 2.24) is 9.55 Å². The van der Waals surface area contributed by atoms with E-state index in [1.54, 1.807) is 19.2 Å². The molecule has 0 radical (unpaired) electrons. The third kappa shape index (κ3) is 3.28. The van der Waals surface area contributed by atoms with Crippen molar-refractivity contribution in [3.63, 3.8) is 0 Å². The van der Waals surface area contributed by atoms with Gasteiger partial charge in [0, 0.05) is 11.6 Å². The van der Waals surface area contributed by atoms with Crippen molar-refractivity contribution in [2.75, 3.05) is 26.6 Å². The molecule has 3 aromatic rings. The molecule has 136 valence electrons. The van der Waals surface area contributed by atoms with Crippen LogP contribution in [-0.4, -0.2) is 36.3 Å². The summed E-state index contributed by atoms with van der Waals surface area (Å²) in [5.74, 6) is 1.41. The second-order valence-electron chi connectivity index (χ2n) is 5.66. The highest BCUT2D eigenvalue weighted by Crippen LogP contribution is 2.28. The van der Waals surface area contributed by atoms with Crippen molar-refractivity contribution in [3.05, 3.63) is 47.5 Å². The van der Waals surface area contributed by atoms with Crippen LogP contribution in [0.3, 0.4) is 0 Å². The van der Waals surface area contributed by atoms with Crippen molar-refractivity contribution in [2.45, 2.75) is 13.5 Å². The number of anilines is 1. The summed E-state index contributed by atoms with van der Waals surface area (Å²) in [5.41, 5.74) is 8.94. The van der Waals surface area contributed by atoms with Crippen LogP contribution in [0, 0.1) is 0 Å². The molecule has 0 unspecified atom stereocenters. The van der Waals surface area contributed by atoms with Gasteiger partial charge >= 0.3 is 5.97 Å². The maximum absolute atomic E-state index is 11.7. The van der Waals surface area contributed by atoms with Crippen LogP contribution in [0.2, 0.25) is 0 Å². The number of esters is 1. The zero-order valence-electron chi connectivity index (χ0n) is 15.0. The van der Waals surface area contributed by atoms with Crippen LogP contribution >= 0.6 is 0 Å². The van der Waals surface area contributed by atoms with Crippen LogP contribution in [0.1, 0.15) is 22.8 Å². The molecule has 0 amide bonds. The minimum atomic E-state index is -0.409. The van der Waals surface area contributed by atoms with Gasteiger partial charge in [0.2, 0.25) is 5.95 Å². The maximum Gasteiger partial charge on any atom is 0.337 e. The van der Waals surface area contributed by atoms with Gasteiger partial charge in [-0.25, -0.2) is 9.78 Å². The Morgan fingerprint density at radius 3 is 2.69 bits per heavy atom. The summed E-state index contributed by atoms with van der Waals surface area (Å²) in [6.07, 6.45) is 0. The number of benzene rings is 2. The lowest BCUT2D eigenvalue weighted by molar-refractivity contribution is 0.0601. The van der Waals surface area contributed by atoms with Crippen LogP contribution in [0.15, 0.2) is 36.4 Å². The third-order valence-corrected chi connectivity index (χ3v) is 4.10. The number of ether oxygens (including phenoxy) is 3. The Hall–Kier alpha value is -3.22. The Labute approximate surface area is 151 Å². The molecule has 0 aliphatic heterocycles. The molecule has 2 N–H and O–H groups in total. The van der Waals surface area contributed by atoms with Gasteiger partial charge in [-0.1, -0.05) is 0 Å². The van der Waals surface area contributed by atoms with Gasteiger partial charge in [-0.3, -0.25) is 0 Å². The Kier molecular flexibility index (Phi) is 4.97. The lowest BCUT2D eigenvalue weighted by atomic mass is 10.1. The summed E-state index contributed by atoms with van der Waals surface area (Å²) >= 11 is 0. The molecule has 0 aliphatic rings. The van der Waals surface area contributed by atoms with Gasteiger partial charge in [-0.15, -0.1) is 0 Å². The van der Waals surface area contributed by atoms with E-state index in [0.29, 0.717) is 35.9 Å². The minimum Gasteiger partial charge on any atom is -0.496 e. The lowest BCUT2D eigenvalue weighted by Gasteiger charge is -2.13. The first-order valence-corrected chi connectivity index (χ1v) is 8.21. The van der Waals surface area contributed by atoms with Gasteiger partial charge in [-0.05, 0) is 37.3 Å². The molecule has 7 nitrogen and oxygen atoms in total. The summed E-state index contributed by atoms with van der Waals surface area (Å²) in [6.45, 7) is 3.00. The number of nitrogens with two attached hydrogens (primary N) is 1. The van der Waals surface area contributed by atoms with Gasteiger partial charge in [0.1, 0.15) is 11.5 Å². The molecule has 2 aromatic carbocycles. The number of nitrogens with zero attached hydrogens (tertiary/aromatic N) is 2. The monoisotopic (exact) mass is 355 g/mol. The third-order valence-electron chi connectivity index (χ3n) is 4.10. The van der Waals surface area contributed by atoms with E-state index in [4.69, 9.17) is 19.9 Å². The number of hydrogen-bond acceptors (Lipinski definition) is 6. The largest absolute Gasteiger partial charge is 0.496 e. The van der Waals surface area contributed by atoms with Gasteiger partial charge < -0.3 is 24.5 Å². The molecule has 3 rings (SSSR count). The zero-order valence-corrected chi connectivity index (χ0v) is 15.0. The first-order valence-electron chi connectivity index (χ1n) is 8.21. The molecular formula is C19H21N3O4. The second kappa shape index (κ2) is 7.35. The highest BCUT2D eigenvalue weighted by atomic mass is 16.5. The molecule has 26 heavy (non-hydrogen) atoms. The predicted octanol–water partition coefficient (Wildman–Crippen LogP) is 2.86. The van der Waals surface area contributed by atoms with Crippen LogP contribution in [0.5, 0.6) is 11.5 Å². The average molecular weight is 355 g/mol. The van der Waals surface area contributed by atoms with E-state index in [1.165, 1.54) is 7.11 Å². The van der Waals surface area contributed by atoms with Crippen molar-refractivity contribution < 1.29 is 19.0 Å². The summed E-state index contributed by atoms with van der Waals surface area (Å²) in [5, 5.41) is 0. The standard InChI is InChI=1S/C19H21N3O4/c1-4-26-14-7-5-13(17(10-14)24-2)11-22-16-8-6-12(18(23)25-3)9-15(16)21-19(22)20/h5-10H,4,11H2,1-3H3,(H2,20,21). The van der Waals surface area contributed by atoms with Crippen molar-refractivity contribution in [1.29, 1.82) is 0 Å². The fraction of sp³-hybridized carbons (Fsp3) is 0.263. The van der Waals surface area contributed by atoms with Gasteiger partial charge in [0.05, 0.1) is 44.0 Å². The highest BCUT2D eigenvalue weighted by molar-refractivity contribution is 5.94. The minimum absolute atomic E-state index is 0.359. The van der Waals surface area contributed by atoms with Crippen molar-refractivity contribution in [3.8, 4) is 11.5 Å². The molecule has 0 fully saturated rings. The fourth-order valence-corrected chi connectivity index (χ4v) is 2.84. The summed E-state index contributed by atoms with van der Waals surface area (Å²) < 4.78 is 17.6. The number of imidazole rings is 1. The van der Waals surface area contributed by atoms with E-state index in [-0.39, 0.29) is 0 Å². The number of carbonyl (C=O) groups is 1. The Balaban J connectivity index is 1.98. The van der Waals surface area contributed by atoms with Crippen molar-refractivity contribution >= 4 is 23.0 Å². The number of hydrogen-bond donors (Lipinski definition) is 1. The number of rotatable bonds is 6. The van der Waals surface area contributed by atoms with Crippen LogP contribution in [0.25, 0.3) is 11.0 Å². The van der Waals surface area contributed by atoms with Crippen LogP contribution in [0.4, 0.5) is 5.95 Å². The quantitative estimate of drug-likeness (QED) is 0.684. The molecule has 0 atom stereocenters. The molecule has 1 aromatic heterocycles. The first kappa shape index (κ1) is 17.6. The smallest absolute Gasteiger partial charge is 0.337 e. The van der Waals surface area contributed by atoms with E-state index >= 15 is 0 Å². The number of nitrogen functional groups attached to an aromatic ring is 1. The van der Waals surface area contributed by atoms with Gasteiger partial charge in [0.15, 0.2) is 0 Å². The Morgan fingerprint density at radius 1 is 1.19 bits per heavy atom. The molecule has 0 saturated carbocycles. The van der Waals surface area contributed by atoms with Gasteiger partial charge in [-0.2, -0.15) is 0 Å². The number of methoxy groups -OCH3 is 2. The number of fused-ring (bicyclic) bond motifs is 1. The number of carbonyl (C=O) groups excluding carboxylic acids is 1. The second-order valence-corrected chi connectivity index (χ2v) is 5.66. The fourth-order valence-electron chi connectivity index (χ4n) is 2.84. The summed E-state index contributed by atoms with van der Waals surface area (Å²) in [4.78, 5) is 16.0. The topological polar surface area (TPSA) is 88.6 Å². The average Bonchev–Trinajstić information content (AvgIpc) is 2.97. The number of aromatic nitrogens is 2. The molecule has 0 aliphatic carbocycles. The van der Waals surface area contributed by atoms with E-state index in [1.807, 2.05) is 35.8 Å². The normalized spacial score (nSPS) is 10.7. The maximum atomic E-state index is 11.7. The molecule has 0 bridgehead atoms. The Bertz CT molecular complexity index is 949. The van der Waals surface area contributed by atoms with E-state index in [2.05, 4.69) is 4.98 Å². The van der Waals surface area contributed by atoms with Crippen LogP contribution < -0.4 is 15.2 Å². The SMILES string of the molecule is CCOc1ccc(Cn2c(N)nc3cc(C(=O)OC)ccc32)c(OC)c1. The van der Waals surface area contributed by atoms with E-state index in [0.717, 1.165) is 16.8 Å². The summed E-state index contributed by atoms with van der Waals surface area (Å²) in [6, 6.07) is 10.9. The molecule has 7 heteroatoms. The first-order chi connectivity index (χ1) is 12.6. The van der Waals surface area contributed by atoms with E-state index < -0.39 is 5.97 Å². The van der Waals surface area contributed by atoms with Gasteiger partial charge in [0.25, 0.3) is 0 Å². The zero-order chi connectivity index (χ0) is 18.7. The predicted molar refractivity (Wildman–Crippen MR) is 98.7 cm³/mol. The molecule has 1 heterocycles. The summed E-state index contributed by atoms with van der Waals surface area (Å²) in [7, 11) is 2.96. The highest BCUT2D eigenvalue weighted by Gasteiger charge is 2.14. The molecular weight excluding hydrogens is 334 g/mol. The van der Waals surface area contributed by atoms with Crippen molar-refractivity contribution in [2.24, 2.45) is 0 Å².